The average molecular weight is 562 g/mol. The van der Waals surface area contributed by atoms with Gasteiger partial charge in [0.05, 0.1) is 31.7 Å². The van der Waals surface area contributed by atoms with Crippen molar-refractivity contribution in [2.75, 3.05) is 53.4 Å². The highest BCUT2D eigenvalue weighted by molar-refractivity contribution is 5.91. The highest BCUT2D eigenvalue weighted by Crippen LogP contribution is 2.50. The third kappa shape index (κ3) is 4.85. The Bertz CT molecular complexity index is 1450. The van der Waals surface area contributed by atoms with Crippen molar-refractivity contribution in [3.05, 3.63) is 59.3 Å². The molecule has 0 unspecified atom stereocenters. The predicted octanol–water partition coefficient (Wildman–Crippen LogP) is 4.21. The Balaban J connectivity index is 1.29. The van der Waals surface area contributed by atoms with Crippen LogP contribution in [0.25, 0.3) is 10.9 Å². The molecule has 0 bridgehead atoms. The molecule has 9 heteroatoms. The maximum atomic E-state index is 13.3. The summed E-state index contributed by atoms with van der Waals surface area (Å²) in [5.41, 5.74) is 5.04. The van der Waals surface area contributed by atoms with Crippen LogP contribution in [-0.2, 0) is 25.4 Å². The fourth-order valence-corrected chi connectivity index (χ4v) is 7.47. The van der Waals surface area contributed by atoms with Crippen LogP contribution in [0, 0.1) is 17.8 Å². The highest BCUT2D eigenvalue weighted by Gasteiger charge is 2.54. The first kappa shape index (κ1) is 27.6. The van der Waals surface area contributed by atoms with Crippen molar-refractivity contribution in [2.24, 2.45) is 17.8 Å². The second-order valence-electron chi connectivity index (χ2n) is 11.7. The number of rotatable bonds is 6. The van der Waals surface area contributed by atoms with Crippen LogP contribution in [0.15, 0.2) is 42.5 Å². The lowest BCUT2D eigenvalue weighted by Gasteiger charge is -2.52. The van der Waals surface area contributed by atoms with Gasteiger partial charge in [0, 0.05) is 62.6 Å². The van der Waals surface area contributed by atoms with Crippen LogP contribution < -0.4 is 9.64 Å². The molecule has 1 saturated carbocycles. The molecule has 1 aromatic heterocycles. The van der Waals surface area contributed by atoms with Gasteiger partial charge in [-0.1, -0.05) is 6.07 Å². The minimum Gasteiger partial charge on any atom is -0.497 e. The molecule has 0 spiro atoms. The number of methoxy groups -OCH3 is 3. The van der Waals surface area contributed by atoms with Crippen LogP contribution in [-0.4, -0.2) is 82.5 Å². The Morgan fingerprint density at radius 1 is 1.05 bits per heavy atom. The van der Waals surface area contributed by atoms with Gasteiger partial charge in [-0.25, -0.2) is 4.79 Å². The number of fused-ring (bicyclic) bond motifs is 6. The number of carbonyl (C=O) groups is 2. The number of anilines is 1. The van der Waals surface area contributed by atoms with Gasteiger partial charge >= 0.3 is 11.9 Å². The molecule has 41 heavy (non-hydrogen) atoms. The van der Waals surface area contributed by atoms with Gasteiger partial charge in [-0.3, -0.25) is 9.69 Å². The predicted molar refractivity (Wildman–Crippen MR) is 155 cm³/mol. The maximum Gasteiger partial charge on any atom is 0.338 e. The van der Waals surface area contributed by atoms with Gasteiger partial charge in [-0.15, -0.1) is 0 Å². The second-order valence-corrected chi connectivity index (χ2v) is 11.7. The summed E-state index contributed by atoms with van der Waals surface area (Å²) in [6, 6.07) is 13.7. The third-order valence-electron chi connectivity index (χ3n) is 9.46. The second kappa shape index (κ2) is 11.0. The quantitative estimate of drug-likeness (QED) is 0.448. The van der Waals surface area contributed by atoms with E-state index < -0.39 is 24.1 Å². The van der Waals surface area contributed by atoms with Crippen molar-refractivity contribution in [3.63, 3.8) is 0 Å². The average Bonchev–Trinajstić information content (AvgIpc) is 3.37. The molecule has 2 aromatic carbocycles. The molecule has 1 N–H and O–H groups in total. The Morgan fingerprint density at radius 2 is 1.88 bits per heavy atom. The fourth-order valence-electron chi connectivity index (χ4n) is 7.47. The smallest absolute Gasteiger partial charge is 0.338 e. The molecule has 3 aliphatic rings. The summed E-state index contributed by atoms with van der Waals surface area (Å²) in [4.78, 5) is 34.8. The van der Waals surface area contributed by atoms with Crippen LogP contribution in [0.2, 0.25) is 0 Å². The monoisotopic (exact) mass is 561 g/mol. The minimum atomic E-state index is -0.591. The number of benzene rings is 2. The van der Waals surface area contributed by atoms with Crippen LogP contribution in [0.1, 0.15) is 40.5 Å². The number of nitrogens with one attached hydrogen (secondary N) is 1. The molecule has 0 radical (unpaired) electrons. The Labute approximate surface area is 240 Å². The van der Waals surface area contributed by atoms with Gasteiger partial charge in [-0.2, -0.15) is 0 Å². The lowest BCUT2D eigenvalue weighted by Crippen LogP contribution is -2.58. The first-order valence-electron chi connectivity index (χ1n) is 14.3. The van der Waals surface area contributed by atoms with Crippen LogP contribution >= 0.6 is 0 Å². The van der Waals surface area contributed by atoms with Crippen LogP contribution in [0.5, 0.6) is 5.75 Å². The minimum absolute atomic E-state index is 0.0348. The van der Waals surface area contributed by atoms with Gasteiger partial charge in [0.1, 0.15) is 18.0 Å². The van der Waals surface area contributed by atoms with E-state index in [1.807, 2.05) is 43.3 Å². The summed E-state index contributed by atoms with van der Waals surface area (Å²) in [6.07, 6.45) is 1.24. The van der Waals surface area contributed by atoms with Crippen molar-refractivity contribution in [1.82, 2.24) is 9.88 Å². The van der Waals surface area contributed by atoms with E-state index in [9.17, 15) is 9.59 Å². The van der Waals surface area contributed by atoms with E-state index in [0.717, 1.165) is 42.9 Å². The standard InChI is InChI=1S/C32H39N3O6/c1-34(2)20-8-6-7-18(13-20)31(36)41-27-14-19-17-35-12-11-23-22-10-9-21(38-3)15-25(22)33-29(23)26(35)16-24(19)28(30(27)39-4)32(37)40-5/h6-10,13,15,19,24,26-28,30,33H,11-12,14,16-17H2,1-5H3/t19-,24-,26-,27-,28-,30+/m0/s1. The normalized spacial score (nSPS) is 27.3. The summed E-state index contributed by atoms with van der Waals surface area (Å²) in [5, 5.41) is 1.23. The van der Waals surface area contributed by atoms with E-state index >= 15 is 0 Å². The topological polar surface area (TPSA) is 93.3 Å². The van der Waals surface area contributed by atoms with E-state index in [-0.39, 0.29) is 23.8 Å². The number of esters is 2. The zero-order valence-corrected chi connectivity index (χ0v) is 24.4. The molecule has 6 rings (SSSR count). The number of hydrogen-bond acceptors (Lipinski definition) is 8. The first-order chi connectivity index (χ1) is 19.8. The third-order valence-corrected chi connectivity index (χ3v) is 9.46. The van der Waals surface area contributed by atoms with Crippen molar-refractivity contribution in [2.45, 2.75) is 37.5 Å². The van der Waals surface area contributed by atoms with Crippen LogP contribution in [0.3, 0.4) is 0 Å². The lowest BCUT2D eigenvalue weighted by atomic mass is 9.63. The highest BCUT2D eigenvalue weighted by atomic mass is 16.6. The summed E-state index contributed by atoms with van der Waals surface area (Å²) in [5.74, 6) is -0.231. The largest absolute Gasteiger partial charge is 0.497 e. The van der Waals surface area contributed by atoms with E-state index in [0.29, 0.717) is 12.0 Å². The number of aromatic amines is 1. The summed E-state index contributed by atoms with van der Waals surface area (Å²) >= 11 is 0. The van der Waals surface area contributed by atoms with Crippen molar-refractivity contribution >= 4 is 28.5 Å². The number of carbonyl (C=O) groups excluding carboxylic acids is 2. The first-order valence-corrected chi connectivity index (χ1v) is 14.3. The molecule has 1 aliphatic carbocycles. The van der Waals surface area contributed by atoms with E-state index in [1.165, 1.54) is 23.8 Å². The molecule has 218 valence electrons. The Kier molecular flexibility index (Phi) is 7.42. The van der Waals surface area contributed by atoms with Crippen molar-refractivity contribution < 1.29 is 28.5 Å². The zero-order valence-electron chi connectivity index (χ0n) is 24.4. The number of nitrogens with zero attached hydrogens (tertiary/aromatic N) is 2. The van der Waals surface area contributed by atoms with Crippen molar-refractivity contribution in [1.29, 1.82) is 0 Å². The molecular formula is C32H39N3O6. The van der Waals surface area contributed by atoms with E-state index in [2.05, 4.69) is 22.0 Å². The van der Waals surface area contributed by atoms with Gasteiger partial charge in [0.15, 0.2) is 0 Å². The number of aromatic nitrogens is 1. The number of H-pyrrole nitrogens is 1. The summed E-state index contributed by atoms with van der Waals surface area (Å²) < 4.78 is 22.8. The maximum absolute atomic E-state index is 13.3. The van der Waals surface area contributed by atoms with Gasteiger partial charge in [0.2, 0.25) is 0 Å². The Hall–Kier alpha value is -3.56. The zero-order chi connectivity index (χ0) is 28.8. The summed E-state index contributed by atoms with van der Waals surface area (Å²) in [6.45, 7) is 1.76. The lowest BCUT2D eigenvalue weighted by molar-refractivity contribution is -0.176. The number of hydrogen-bond donors (Lipinski definition) is 1. The van der Waals surface area contributed by atoms with Gasteiger partial charge in [0.25, 0.3) is 0 Å². The van der Waals surface area contributed by atoms with Gasteiger partial charge < -0.3 is 28.8 Å². The van der Waals surface area contributed by atoms with E-state index in [1.54, 1.807) is 20.3 Å². The molecule has 2 aliphatic heterocycles. The molecule has 2 fully saturated rings. The number of ether oxygens (including phenoxy) is 4. The molecule has 0 amide bonds. The fraction of sp³-hybridized carbons (Fsp3) is 0.500. The molecule has 1 saturated heterocycles. The molecule has 3 heterocycles. The Morgan fingerprint density at radius 3 is 2.61 bits per heavy atom. The SMILES string of the molecule is COC(=O)[C@H]1[C@H]2C[C@H]3c4[nH]c5cc(OC)ccc5c4CCN3C[C@@H]2C[C@H](OC(=O)c2cccc(N(C)C)c2)[C@H]1OC. The summed E-state index contributed by atoms with van der Waals surface area (Å²) in [7, 11) is 8.56. The van der Waals surface area contributed by atoms with Crippen LogP contribution in [0.4, 0.5) is 5.69 Å². The van der Waals surface area contributed by atoms with Crippen molar-refractivity contribution in [3.8, 4) is 5.75 Å². The molecule has 6 atom stereocenters. The van der Waals surface area contributed by atoms with E-state index in [4.69, 9.17) is 18.9 Å². The van der Waals surface area contributed by atoms with Gasteiger partial charge in [-0.05, 0) is 67.0 Å². The molecule has 9 nitrogen and oxygen atoms in total. The number of piperidine rings is 1. The molecular weight excluding hydrogens is 522 g/mol. The molecule has 3 aromatic rings.